The standard InChI is InChI=1S/C25H27N7O/c1-3-31-23(33)19-15-27-24(28-18-8-7-16-9-12-26-14-17(16)13-18)30-22(19)32(31)21-6-4-5-20(29-21)25(2)10-11-25/h4-8,13,15,26H,3,9-12,14H2,1-2H3,(H,27,28,30). The van der Waals surface area contributed by atoms with Gasteiger partial charge in [-0.3, -0.25) is 4.79 Å². The van der Waals surface area contributed by atoms with Crippen LogP contribution in [0.25, 0.3) is 16.9 Å². The van der Waals surface area contributed by atoms with Gasteiger partial charge in [-0.05, 0) is 68.1 Å². The number of hydrogen-bond donors (Lipinski definition) is 2. The lowest BCUT2D eigenvalue weighted by atomic mass is 10.0. The van der Waals surface area contributed by atoms with Crippen molar-refractivity contribution >= 4 is 22.7 Å². The highest BCUT2D eigenvalue weighted by Gasteiger charge is 2.40. The molecule has 0 unspecified atom stereocenters. The number of rotatable bonds is 5. The largest absolute Gasteiger partial charge is 0.324 e. The zero-order valence-corrected chi connectivity index (χ0v) is 18.9. The predicted molar refractivity (Wildman–Crippen MR) is 128 cm³/mol. The van der Waals surface area contributed by atoms with E-state index in [1.54, 1.807) is 10.9 Å². The fraction of sp³-hybridized carbons (Fsp3) is 0.360. The molecule has 0 bridgehead atoms. The van der Waals surface area contributed by atoms with Crippen LogP contribution in [0.3, 0.4) is 0 Å². The lowest BCUT2D eigenvalue weighted by Crippen LogP contribution is -2.23. The summed E-state index contributed by atoms with van der Waals surface area (Å²) in [6, 6.07) is 12.4. The molecule has 8 heteroatoms. The minimum Gasteiger partial charge on any atom is -0.324 e. The first-order valence-corrected chi connectivity index (χ1v) is 11.6. The van der Waals surface area contributed by atoms with Crippen molar-refractivity contribution in [3.05, 3.63) is 69.8 Å². The molecular weight excluding hydrogens is 414 g/mol. The Hall–Kier alpha value is -3.52. The number of anilines is 2. The van der Waals surface area contributed by atoms with E-state index in [4.69, 9.17) is 9.97 Å². The molecule has 1 aliphatic heterocycles. The summed E-state index contributed by atoms with van der Waals surface area (Å²) < 4.78 is 3.51. The third kappa shape index (κ3) is 3.41. The maximum absolute atomic E-state index is 13.1. The van der Waals surface area contributed by atoms with Crippen molar-refractivity contribution in [3.63, 3.8) is 0 Å². The summed E-state index contributed by atoms with van der Waals surface area (Å²) >= 11 is 0. The Morgan fingerprint density at radius 1 is 1.15 bits per heavy atom. The Morgan fingerprint density at radius 2 is 2.03 bits per heavy atom. The molecular formula is C25H27N7O. The Bertz CT molecular complexity index is 1430. The van der Waals surface area contributed by atoms with Crippen LogP contribution in [0.15, 0.2) is 47.4 Å². The van der Waals surface area contributed by atoms with Crippen molar-refractivity contribution in [2.45, 2.75) is 51.6 Å². The van der Waals surface area contributed by atoms with Crippen LogP contribution in [0, 0.1) is 0 Å². The van der Waals surface area contributed by atoms with Gasteiger partial charge in [0, 0.05) is 36.1 Å². The predicted octanol–water partition coefficient (Wildman–Crippen LogP) is 3.44. The number of fused-ring (bicyclic) bond motifs is 2. The molecule has 1 aromatic carbocycles. The molecule has 4 aromatic rings. The van der Waals surface area contributed by atoms with E-state index < -0.39 is 0 Å². The lowest BCUT2D eigenvalue weighted by molar-refractivity contribution is 0.564. The summed E-state index contributed by atoms with van der Waals surface area (Å²) in [5, 5.41) is 7.22. The molecule has 0 amide bonds. The van der Waals surface area contributed by atoms with Crippen LogP contribution >= 0.6 is 0 Å². The van der Waals surface area contributed by atoms with Crippen LogP contribution in [0.5, 0.6) is 0 Å². The fourth-order valence-electron chi connectivity index (χ4n) is 4.62. The van der Waals surface area contributed by atoms with Gasteiger partial charge in [-0.25, -0.2) is 19.3 Å². The van der Waals surface area contributed by atoms with E-state index in [0.717, 1.165) is 43.7 Å². The number of benzene rings is 1. The Balaban J connectivity index is 1.44. The van der Waals surface area contributed by atoms with Crippen LogP contribution in [-0.2, 0) is 24.9 Å². The number of pyridine rings is 1. The second-order valence-electron chi connectivity index (χ2n) is 9.24. The average Bonchev–Trinajstić information content (AvgIpc) is 3.54. The van der Waals surface area contributed by atoms with Crippen molar-refractivity contribution in [1.29, 1.82) is 0 Å². The Kier molecular flexibility index (Phi) is 4.58. The molecule has 0 atom stereocenters. The minimum absolute atomic E-state index is 0.108. The summed E-state index contributed by atoms with van der Waals surface area (Å²) in [4.78, 5) is 27.2. The molecule has 0 radical (unpaired) electrons. The molecule has 6 rings (SSSR count). The van der Waals surface area contributed by atoms with E-state index in [2.05, 4.69) is 46.8 Å². The number of nitrogens with zero attached hydrogens (tertiary/aromatic N) is 5. The van der Waals surface area contributed by atoms with Gasteiger partial charge in [-0.2, -0.15) is 4.98 Å². The van der Waals surface area contributed by atoms with Gasteiger partial charge in [0.15, 0.2) is 11.5 Å². The molecule has 1 saturated carbocycles. The van der Waals surface area contributed by atoms with Crippen molar-refractivity contribution in [2.24, 2.45) is 0 Å². The monoisotopic (exact) mass is 441 g/mol. The van der Waals surface area contributed by atoms with Crippen LogP contribution < -0.4 is 16.2 Å². The lowest BCUT2D eigenvalue weighted by Gasteiger charge is -2.18. The molecule has 168 valence electrons. The van der Waals surface area contributed by atoms with Gasteiger partial charge in [0.2, 0.25) is 5.95 Å². The zero-order valence-electron chi connectivity index (χ0n) is 18.9. The minimum atomic E-state index is -0.108. The fourth-order valence-corrected chi connectivity index (χ4v) is 4.62. The van der Waals surface area contributed by atoms with Crippen molar-refractivity contribution in [3.8, 4) is 5.82 Å². The van der Waals surface area contributed by atoms with Gasteiger partial charge < -0.3 is 10.6 Å². The van der Waals surface area contributed by atoms with Gasteiger partial charge in [0.1, 0.15) is 5.39 Å². The molecule has 1 fully saturated rings. The Morgan fingerprint density at radius 3 is 2.85 bits per heavy atom. The SMILES string of the molecule is CCn1c(=O)c2cnc(Nc3ccc4c(c3)CNCC4)nc2n1-c1cccc(C2(C)CC2)n1. The maximum atomic E-state index is 13.1. The topological polar surface area (TPSA) is 89.7 Å². The molecule has 1 aliphatic carbocycles. The normalized spacial score (nSPS) is 16.5. The molecule has 4 heterocycles. The first-order valence-electron chi connectivity index (χ1n) is 11.6. The van der Waals surface area contributed by atoms with Crippen molar-refractivity contribution in [2.75, 3.05) is 11.9 Å². The summed E-state index contributed by atoms with van der Waals surface area (Å²) in [5.41, 5.74) is 5.25. The Labute approximate surface area is 191 Å². The van der Waals surface area contributed by atoms with E-state index in [1.165, 1.54) is 11.1 Å². The first-order chi connectivity index (χ1) is 16.1. The van der Waals surface area contributed by atoms with Crippen LogP contribution in [0.2, 0.25) is 0 Å². The van der Waals surface area contributed by atoms with E-state index in [-0.39, 0.29) is 11.0 Å². The van der Waals surface area contributed by atoms with Crippen LogP contribution in [0.4, 0.5) is 11.6 Å². The molecule has 0 spiro atoms. The average molecular weight is 442 g/mol. The second-order valence-corrected chi connectivity index (χ2v) is 9.24. The van der Waals surface area contributed by atoms with Gasteiger partial charge in [0.05, 0.1) is 0 Å². The molecule has 2 N–H and O–H groups in total. The quantitative estimate of drug-likeness (QED) is 0.493. The maximum Gasteiger partial charge on any atom is 0.278 e. The van der Waals surface area contributed by atoms with Crippen molar-refractivity contribution in [1.82, 2.24) is 29.6 Å². The summed E-state index contributed by atoms with van der Waals surface area (Å²) in [6.45, 7) is 6.58. The first kappa shape index (κ1) is 20.1. The smallest absolute Gasteiger partial charge is 0.278 e. The van der Waals surface area contributed by atoms with Gasteiger partial charge in [-0.1, -0.05) is 19.1 Å². The highest BCUT2D eigenvalue weighted by Crippen LogP contribution is 2.46. The van der Waals surface area contributed by atoms with Gasteiger partial charge in [-0.15, -0.1) is 0 Å². The second kappa shape index (κ2) is 7.52. The van der Waals surface area contributed by atoms with E-state index in [0.29, 0.717) is 29.3 Å². The van der Waals surface area contributed by atoms with Gasteiger partial charge >= 0.3 is 0 Å². The number of nitrogens with one attached hydrogen (secondary N) is 2. The molecule has 0 saturated heterocycles. The molecule has 2 aliphatic rings. The summed E-state index contributed by atoms with van der Waals surface area (Å²) in [5.74, 6) is 1.16. The summed E-state index contributed by atoms with van der Waals surface area (Å²) in [6.07, 6.45) is 4.94. The number of aromatic nitrogens is 5. The van der Waals surface area contributed by atoms with E-state index in [9.17, 15) is 4.79 Å². The summed E-state index contributed by atoms with van der Waals surface area (Å²) in [7, 11) is 0. The molecule has 8 nitrogen and oxygen atoms in total. The van der Waals surface area contributed by atoms with E-state index in [1.807, 2.05) is 23.7 Å². The van der Waals surface area contributed by atoms with Crippen molar-refractivity contribution < 1.29 is 0 Å². The highest BCUT2D eigenvalue weighted by molar-refractivity contribution is 5.77. The van der Waals surface area contributed by atoms with Crippen LogP contribution in [-0.4, -0.2) is 30.9 Å². The highest BCUT2D eigenvalue weighted by atomic mass is 16.1. The van der Waals surface area contributed by atoms with Crippen LogP contribution in [0.1, 0.15) is 43.5 Å². The third-order valence-electron chi connectivity index (χ3n) is 6.89. The van der Waals surface area contributed by atoms with Gasteiger partial charge in [0.25, 0.3) is 5.56 Å². The zero-order chi connectivity index (χ0) is 22.6. The third-order valence-corrected chi connectivity index (χ3v) is 6.89. The van der Waals surface area contributed by atoms with E-state index >= 15 is 0 Å². The number of hydrogen-bond acceptors (Lipinski definition) is 6. The molecule has 3 aromatic heterocycles. The molecule has 33 heavy (non-hydrogen) atoms.